The first-order valence-electron chi connectivity index (χ1n) is 11.1. The molecule has 0 aromatic rings. The van der Waals surface area contributed by atoms with Crippen LogP contribution >= 0.6 is 0 Å². The number of hydrogen-bond acceptors (Lipinski definition) is 5. The van der Waals surface area contributed by atoms with Gasteiger partial charge in [0.15, 0.2) is 0 Å². The molecule has 4 aliphatic carbocycles. The van der Waals surface area contributed by atoms with Crippen molar-refractivity contribution in [3.63, 3.8) is 0 Å². The van der Waals surface area contributed by atoms with E-state index in [1.165, 1.54) is 0 Å². The van der Waals surface area contributed by atoms with Gasteiger partial charge in [0.1, 0.15) is 6.61 Å². The molecule has 1 aliphatic heterocycles. The molecule has 5 heteroatoms. The SMILES string of the molecule is CC12CCC(O)CC1CC(O)C1C2CCC2(C)C(C3=CC(=O)OC3)CCC12O. The van der Waals surface area contributed by atoms with E-state index in [1.807, 2.05) is 0 Å². The van der Waals surface area contributed by atoms with Crippen LogP contribution in [0.2, 0.25) is 0 Å². The summed E-state index contributed by atoms with van der Waals surface area (Å²) >= 11 is 0. The maximum absolute atomic E-state index is 12.1. The molecular formula is C23H34O5. The Morgan fingerprint density at radius 1 is 1.07 bits per heavy atom. The van der Waals surface area contributed by atoms with Crippen molar-refractivity contribution >= 4 is 5.97 Å². The van der Waals surface area contributed by atoms with Crippen LogP contribution in [0.15, 0.2) is 11.6 Å². The second-order valence-corrected chi connectivity index (χ2v) is 10.9. The Labute approximate surface area is 167 Å². The van der Waals surface area contributed by atoms with E-state index < -0.39 is 11.7 Å². The summed E-state index contributed by atoms with van der Waals surface area (Å²) in [6.45, 7) is 4.87. The summed E-state index contributed by atoms with van der Waals surface area (Å²) in [6.07, 6.45) is 7.59. The summed E-state index contributed by atoms with van der Waals surface area (Å²) in [6, 6.07) is 0. The van der Waals surface area contributed by atoms with E-state index in [-0.39, 0.29) is 34.7 Å². The summed E-state index contributed by atoms with van der Waals surface area (Å²) in [5, 5.41) is 33.5. The predicted octanol–water partition coefficient (Wildman–Crippen LogP) is 2.58. The molecule has 9 atom stereocenters. The van der Waals surface area contributed by atoms with Crippen molar-refractivity contribution in [3.05, 3.63) is 11.6 Å². The molecule has 5 nitrogen and oxygen atoms in total. The van der Waals surface area contributed by atoms with Gasteiger partial charge in [-0.3, -0.25) is 0 Å². The van der Waals surface area contributed by atoms with Crippen LogP contribution < -0.4 is 0 Å². The lowest BCUT2D eigenvalue weighted by molar-refractivity contribution is -0.240. The number of carbonyl (C=O) groups excluding carboxylic acids is 1. The number of hydrogen-bond donors (Lipinski definition) is 3. The summed E-state index contributed by atoms with van der Waals surface area (Å²) < 4.78 is 5.17. The molecule has 5 rings (SSSR count). The molecule has 0 aromatic heterocycles. The molecule has 28 heavy (non-hydrogen) atoms. The van der Waals surface area contributed by atoms with Gasteiger partial charge in [0, 0.05) is 17.4 Å². The number of esters is 1. The maximum Gasteiger partial charge on any atom is 0.331 e. The van der Waals surface area contributed by atoms with E-state index in [9.17, 15) is 20.1 Å². The summed E-state index contributed by atoms with van der Waals surface area (Å²) in [5.74, 6) is 0.390. The molecule has 0 saturated heterocycles. The lowest BCUT2D eigenvalue weighted by Gasteiger charge is -2.64. The van der Waals surface area contributed by atoms with E-state index in [0.29, 0.717) is 31.3 Å². The molecule has 4 fully saturated rings. The molecule has 4 saturated carbocycles. The van der Waals surface area contributed by atoms with Gasteiger partial charge in [-0.2, -0.15) is 0 Å². The molecule has 9 unspecified atom stereocenters. The zero-order valence-electron chi connectivity index (χ0n) is 17.1. The number of aliphatic hydroxyl groups is 3. The molecule has 3 N–H and O–H groups in total. The first kappa shape index (κ1) is 19.1. The zero-order valence-corrected chi connectivity index (χ0v) is 17.1. The average Bonchev–Trinajstić information content (AvgIpc) is 3.17. The fourth-order valence-corrected chi connectivity index (χ4v) is 8.38. The molecule has 0 aromatic carbocycles. The van der Waals surface area contributed by atoms with Crippen LogP contribution in [0.4, 0.5) is 0 Å². The Hall–Kier alpha value is -0.910. The van der Waals surface area contributed by atoms with E-state index in [1.54, 1.807) is 6.08 Å². The normalized spacial score (nSPS) is 55.8. The van der Waals surface area contributed by atoms with Gasteiger partial charge >= 0.3 is 5.97 Å². The second kappa shape index (κ2) is 6.05. The highest BCUT2D eigenvalue weighted by molar-refractivity contribution is 5.85. The van der Waals surface area contributed by atoms with Gasteiger partial charge in [-0.15, -0.1) is 0 Å². The summed E-state index contributed by atoms with van der Waals surface area (Å²) in [4.78, 5) is 11.6. The van der Waals surface area contributed by atoms with Gasteiger partial charge < -0.3 is 20.1 Å². The Balaban J connectivity index is 1.50. The average molecular weight is 391 g/mol. The third-order valence-corrected chi connectivity index (χ3v) is 9.96. The Morgan fingerprint density at radius 2 is 1.86 bits per heavy atom. The van der Waals surface area contributed by atoms with Crippen LogP contribution in [0.1, 0.15) is 65.2 Å². The van der Waals surface area contributed by atoms with Gasteiger partial charge in [0.25, 0.3) is 0 Å². The first-order valence-corrected chi connectivity index (χ1v) is 11.1. The van der Waals surface area contributed by atoms with Gasteiger partial charge in [0.2, 0.25) is 0 Å². The van der Waals surface area contributed by atoms with Crippen molar-refractivity contribution < 1.29 is 24.9 Å². The molecule has 0 bridgehead atoms. The van der Waals surface area contributed by atoms with Gasteiger partial charge in [0.05, 0.1) is 17.8 Å². The first-order chi connectivity index (χ1) is 13.2. The molecule has 0 radical (unpaired) electrons. The lowest BCUT2D eigenvalue weighted by atomic mass is 9.42. The Kier molecular flexibility index (Phi) is 4.12. The van der Waals surface area contributed by atoms with Crippen molar-refractivity contribution in [3.8, 4) is 0 Å². The maximum atomic E-state index is 12.1. The highest BCUT2D eigenvalue weighted by Gasteiger charge is 2.69. The molecule has 0 spiro atoms. The van der Waals surface area contributed by atoms with Gasteiger partial charge in [-0.25, -0.2) is 4.79 Å². The van der Waals surface area contributed by atoms with Crippen LogP contribution in [0.5, 0.6) is 0 Å². The Morgan fingerprint density at radius 3 is 2.57 bits per heavy atom. The minimum Gasteiger partial charge on any atom is -0.458 e. The largest absolute Gasteiger partial charge is 0.458 e. The van der Waals surface area contributed by atoms with Gasteiger partial charge in [-0.05, 0) is 80.1 Å². The van der Waals surface area contributed by atoms with Crippen LogP contribution in [-0.4, -0.2) is 45.7 Å². The smallest absolute Gasteiger partial charge is 0.331 e. The number of carbonyl (C=O) groups is 1. The van der Waals surface area contributed by atoms with Crippen molar-refractivity contribution in [1.82, 2.24) is 0 Å². The Bertz CT molecular complexity index is 718. The van der Waals surface area contributed by atoms with Crippen LogP contribution in [-0.2, 0) is 9.53 Å². The van der Waals surface area contributed by atoms with Gasteiger partial charge in [-0.1, -0.05) is 13.8 Å². The van der Waals surface area contributed by atoms with Crippen molar-refractivity contribution in [2.45, 2.75) is 83.0 Å². The quantitative estimate of drug-likeness (QED) is 0.599. The second-order valence-electron chi connectivity index (χ2n) is 10.9. The summed E-state index contributed by atoms with van der Waals surface area (Å²) in [7, 11) is 0. The van der Waals surface area contributed by atoms with Crippen LogP contribution in [0.3, 0.4) is 0 Å². The highest BCUT2D eigenvalue weighted by Crippen LogP contribution is 2.69. The van der Waals surface area contributed by atoms with E-state index in [0.717, 1.165) is 44.1 Å². The third-order valence-electron chi connectivity index (χ3n) is 9.96. The molecule has 156 valence electrons. The zero-order chi connectivity index (χ0) is 19.9. The monoisotopic (exact) mass is 390 g/mol. The minimum absolute atomic E-state index is 0.0873. The fraction of sp³-hybridized carbons (Fsp3) is 0.870. The molecule has 0 amide bonds. The molecule has 5 aliphatic rings. The van der Waals surface area contributed by atoms with Crippen molar-refractivity contribution in [2.75, 3.05) is 6.61 Å². The highest BCUT2D eigenvalue weighted by atomic mass is 16.5. The van der Waals surface area contributed by atoms with E-state index in [2.05, 4.69) is 13.8 Å². The summed E-state index contributed by atoms with van der Waals surface area (Å²) in [5.41, 5.74) is -0.121. The van der Waals surface area contributed by atoms with Crippen LogP contribution in [0, 0.1) is 34.5 Å². The van der Waals surface area contributed by atoms with E-state index >= 15 is 0 Å². The van der Waals surface area contributed by atoms with Crippen molar-refractivity contribution in [2.24, 2.45) is 34.5 Å². The minimum atomic E-state index is -0.906. The number of aliphatic hydroxyl groups excluding tert-OH is 2. The molecular weight excluding hydrogens is 356 g/mol. The number of fused-ring (bicyclic) bond motifs is 5. The standard InChI is InChI=1S/C23H34O5/c1-21-6-3-15(24)10-14(21)11-18(25)20-17(21)4-7-22(2)16(5-8-23(20,22)27)13-9-19(26)28-12-13/h9,14-18,20,24-25,27H,3-8,10-12H2,1-2H3. The number of ether oxygens (including phenoxy) is 1. The predicted molar refractivity (Wildman–Crippen MR) is 103 cm³/mol. The van der Waals surface area contributed by atoms with E-state index in [4.69, 9.17) is 4.74 Å². The van der Waals surface area contributed by atoms with Crippen LogP contribution in [0.25, 0.3) is 0 Å². The third kappa shape index (κ3) is 2.33. The van der Waals surface area contributed by atoms with Crippen molar-refractivity contribution in [1.29, 1.82) is 0 Å². The number of cyclic esters (lactones) is 1. The molecule has 1 heterocycles. The topological polar surface area (TPSA) is 87.0 Å². The lowest BCUT2D eigenvalue weighted by Crippen LogP contribution is -2.66. The number of rotatable bonds is 1. The fourth-order valence-electron chi connectivity index (χ4n) is 8.38.